The van der Waals surface area contributed by atoms with E-state index in [1.165, 1.54) is 5.56 Å². The average molecular weight is 273 g/mol. The van der Waals surface area contributed by atoms with E-state index in [4.69, 9.17) is 0 Å². The summed E-state index contributed by atoms with van der Waals surface area (Å²) < 4.78 is 0. The van der Waals surface area contributed by atoms with Crippen molar-refractivity contribution in [2.45, 2.75) is 53.0 Å². The third-order valence-corrected chi connectivity index (χ3v) is 4.10. The Kier molecular flexibility index (Phi) is 4.26. The number of hydrogen-bond acceptors (Lipinski definition) is 2. The standard InChI is InChI=1S/C17H23NO2/c1-5-15(19)18-8-6-7-14(18)17(20)16-12(3)9-11(2)10-13(16)4/h9-10,14H,5-8H2,1-4H3. The molecule has 1 amide bonds. The van der Waals surface area contributed by atoms with Gasteiger partial charge in [0.2, 0.25) is 5.91 Å². The van der Waals surface area contributed by atoms with Crippen LogP contribution in [0.4, 0.5) is 0 Å². The molecule has 0 radical (unpaired) electrons. The molecule has 1 aromatic carbocycles. The Bertz CT molecular complexity index is 525. The van der Waals surface area contributed by atoms with Gasteiger partial charge in [-0.3, -0.25) is 9.59 Å². The number of likely N-dealkylation sites (tertiary alicyclic amines) is 1. The fraction of sp³-hybridized carbons (Fsp3) is 0.529. The van der Waals surface area contributed by atoms with Crippen LogP contribution in [0.25, 0.3) is 0 Å². The highest BCUT2D eigenvalue weighted by atomic mass is 16.2. The summed E-state index contributed by atoms with van der Waals surface area (Å²) in [4.78, 5) is 26.6. The van der Waals surface area contributed by atoms with Crippen molar-refractivity contribution >= 4 is 11.7 Å². The van der Waals surface area contributed by atoms with Crippen molar-refractivity contribution in [3.8, 4) is 0 Å². The van der Waals surface area contributed by atoms with Gasteiger partial charge in [0.1, 0.15) is 0 Å². The van der Waals surface area contributed by atoms with Crippen LogP contribution in [-0.4, -0.2) is 29.2 Å². The summed E-state index contributed by atoms with van der Waals surface area (Å²) in [5, 5.41) is 0. The Hall–Kier alpha value is -1.64. The van der Waals surface area contributed by atoms with Gasteiger partial charge in [0.05, 0.1) is 6.04 Å². The van der Waals surface area contributed by atoms with Crippen molar-refractivity contribution < 1.29 is 9.59 Å². The van der Waals surface area contributed by atoms with E-state index in [1.807, 2.05) is 39.8 Å². The number of amides is 1. The summed E-state index contributed by atoms with van der Waals surface area (Å²) in [5.74, 6) is 0.197. The minimum Gasteiger partial charge on any atom is -0.332 e. The van der Waals surface area contributed by atoms with Gasteiger partial charge in [-0.25, -0.2) is 0 Å². The number of hydrogen-bond donors (Lipinski definition) is 0. The van der Waals surface area contributed by atoms with Crippen molar-refractivity contribution in [1.82, 2.24) is 4.90 Å². The summed E-state index contributed by atoms with van der Waals surface area (Å²) >= 11 is 0. The molecule has 3 nitrogen and oxygen atoms in total. The normalized spacial score (nSPS) is 18.4. The van der Waals surface area contributed by atoms with Gasteiger partial charge in [0.15, 0.2) is 5.78 Å². The largest absolute Gasteiger partial charge is 0.332 e. The molecule has 1 aliphatic heterocycles. The van der Waals surface area contributed by atoms with E-state index in [1.54, 1.807) is 4.90 Å². The predicted octanol–water partition coefficient (Wildman–Crippen LogP) is 3.20. The molecule has 1 aromatic rings. The average Bonchev–Trinajstić information content (AvgIpc) is 2.85. The molecule has 0 N–H and O–H groups in total. The fourth-order valence-electron chi connectivity index (χ4n) is 3.28. The van der Waals surface area contributed by atoms with Crippen LogP contribution < -0.4 is 0 Å². The first-order chi connectivity index (χ1) is 9.45. The first kappa shape index (κ1) is 14.8. The SMILES string of the molecule is CCC(=O)N1CCCC1C(=O)c1c(C)cc(C)cc1C. The smallest absolute Gasteiger partial charge is 0.222 e. The number of aryl methyl sites for hydroxylation is 3. The highest BCUT2D eigenvalue weighted by Crippen LogP contribution is 2.26. The molecule has 2 rings (SSSR count). The monoisotopic (exact) mass is 273 g/mol. The number of nitrogens with zero attached hydrogens (tertiary/aromatic N) is 1. The second kappa shape index (κ2) is 5.78. The molecule has 0 aliphatic carbocycles. The fourth-order valence-corrected chi connectivity index (χ4v) is 3.28. The molecule has 0 aromatic heterocycles. The molecule has 20 heavy (non-hydrogen) atoms. The van der Waals surface area contributed by atoms with E-state index in [-0.39, 0.29) is 17.7 Å². The lowest BCUT2D eigenvalue weighted by Crippen LogP contribution is -2.40. The van der Waals surface area contributed by atoms with Crippen LogP contribution in [0.3, 0.4) is 0 Å². The Labute approximate surface area is 121 Å². The zero-order valence-corrected chi connectivity index (χ0v) is 12.8. The topological polar surface area (TPSA) is 37.4 Å². The number of carbonyl (C=O) groups is 2. The van der Waals surface area contributed by atoms with Gasteiger partial charge in [-0.1, -0.05) is 24.6 Å². The lowest BCUT2D eigenvalue weighted by atomic mass is 9.92. The zero-order chi connectivity index (χ0) is 14.9. The van der Waals surface area contributed by atoms with Crippen molar-refractivity contribution in [3.05, 3.63) is 34.4 Å². The van der Waals surface area contributed by atoms with E-state index in [9.17, 15) is 9.59 Å². The van der Waals surface area contributed by atoms with Crippen LogP contribution in [0.5, 0.6) is 0 Å². The quantitative estimate of drug-likeness (QED) is 0.793. The van der Waals surface area contributed by atoms with Crippen molar-refractivity contribution in [1.29, 1.82) is 0 Å². The van der Waals surface area contributed by atoms with Crippen LogP contribution in [0, 0.1) is 20.8 Å². The number of ketones is 1. The van der Waals surface area contributed by atoms with Crippen LogP contribution in [0.1, 0.15) is 53.2 Å². The third kappa shape index (κ3) is 2.62. The van der Waals surface area contributed by atoms with Crippen LogP contribution in [-0.2, 0) is 4.79 Å². The molecule has 1 unspecified atom stereocenters. The zero-order valence-electron chi connectivity index (χ0n) is 12.8. The summed E-state index contributed by atoms with van der Waals surface area (Å²) in [6, 6.07) is 3.82. The molecule has 1 heterocycles. The van der Waals surface area contributed by atoms with Crippen molar-refractivity contribution in [2.24, 2.45) is 0 Å². The summed E-state index contributed by atoms with van der Waals surface area (Å²) in [5.41, 5.74) is 4.01. The van der Waals surface area contributed by atoms with Crippen LogP contribution in [0.15, 0.2) is 12.1 Å². The minimum absolute atomic E-state index is 0.0864. The highest BCUT2D eigenvalue weighted by Gasteiger charge is 2.34. The molecule has 0 spiro atoms. The first-order valence-electron chi connectivity index (χ1n) is 7.37. The van der Waals surface area contributed by atoms with E-state index < -0.39 is 0 Å². The minimum atomic E-state index is -0.262. The van der Waals surface area contributed by atoms with E-state index in [0.717, 1.165) is 29.5 Å². The number of rotatable bonds is 3. The van der Waals surface area contributed by atoms with Gasteiger partial charge in [0.25, 0.3) is 0 Å². The first-order valence-corrected chi connectivity index (χ1v) is 7.37. The second-order valence-electron chi connectivity index (χ2n) is 5.74. The Morgan fingerprint density at radius 1 is 1.20 bits per heavy atom. The van der Waals surface area contributed by atoms with Crippen molar-refractivity contribution in [2.75, 3.05) is 6.54 Å². The lowest BCUT2D eigenvalue weighted by molar-refractivity contribution is -0.131. The Balaban J connectivity index is 2.34. The van der Waals surface area contributed by atoms with E-state index in [2.05, 4.69) is 0 Å². The molecule has 1 fully saturated rings. The molecule has 1 saturated heterocycles. The molecule has 0 bridgehead atoms. The molecule has 3 heteroatoms. The summed E-state index contributed by atoms with van der Waals surface area (Å²) in [7, 11) is 0. The Morgan fingerprint density at radius 3 is 2.35 bits per heavy atom. The van der Waals surface area contributed by atoms with Gasteiger partial charge in [-0.2, -0.15) is 0 Å². The van der Waals surface area contributed by atoms with Gasteiger partial charge in [-0.05, 0) is 44.7 Å². The molecular formula is C17H23NO2. The van der Waals surface area contributed by atoms with Gasteiger partial charge >= 0.3 is 0 Å². The lowest BCUT2D eigenvalue weighted by Gasteiger charge is -2.24. The number of benzene rings is 1. The second-order valence-corrected chi connectivity index (χ2v) is 5.74. The third-order valence-electron chi connectivity index (χ3n) is 4.10. The molecule has 0 saturated carbocycles. The van der Waals surface area contributed by atoms with E-state index >= 15 is 0 Å². The molecule has 1 atom stereocenters. The highest BCUT2D eigenvalue weighted by molar-refractivity contribution is 6.04. The summed E-state index contributed by atoms with van der Waals surface area (Å²) in [6.45, 7) is 8.57. The van der Waals surface area contributed by atoms with Crippen molar-refractivity contribution in [3.63, 3.8) is 0 Å². The number of Topliss-reactive ketones (excluding diaryl/α,β-unsaturated/α-hetero) is 1. The van der Waals surface area contributed by atoms with Gasteiger partial charge < -0.3 is 4.90 Å². The van der Waals surface area contributed by atoms with Crippen LogP contribution >= 0.6 is 0 Å². The van der Waals surface area contributed by atoms with Gasteiger partial charge in [0, 0.05) is 18.5 Å². The number of carbonyl (C=O) groups excluding carboxylic acids is 2. The molecule has 1 aliphatic rings. The molecule has 108 valence electrons. The van der Waals surface area contributed by atoms with Gasteiger partial charge in [-0.15, -0.1) is 0 Å². The maximum Gasteiger partial charge on any atom is 0.222 e. The van der Waals surface area contributed by atoms with E-state index in [0.29, 0.717) is 13.0 Å². The Morgan fingerprint density at radius 2 is 1.80 bits per heavy atom. The molecular weight excluding hydrogens is 250 g/mol. The maximum atomic E-state index is 12.8. The summed E-state index contributed by atoms with van der Waals surface area (Å²) in [6.07, 6.45) is 2.18. The van der Waals surface area contributed by atoms with Crippen LogP contribution in [0.2, 0.25) is 0 Å². The maximum absolute atomic E-state index is 12.8. The predicted molar refractivity (Wildman–Crippen MR) is 80.0 cm³/mol.